The SMILES string of the molecule is C[C@H](OC(=O)c1cc2c(cc1[N+](=O)[O-])OCCO2)C(=O)NCCC1=CCCCC1. The lowest BCUT2D eigenvalue weighted by Crippen LogP contribution is -2.36. The van der Waals surface area contributed by atoms with E-state index in [1.807, 2.05) is 0 Å². The molecule has 2 aliphatic rings. The minimum Gasteiger partial charge on any atom is -0.486 e. The summed E-state index contributed by atoms with van der Waals surface area (Å²) < 4.78 is 15.8. The molecule has 9 nitrogen and oxygen atoms in total. The summed E-state index contributed by atoms with van der Waals surface area (Å²) in [5.41, 5.74) is 0.579. The van der Waals surface area contributed by atoms with Crippen LogP contribution in [0.3, 0.4) is 0 Å². The van der Waals surface area contributed by atoms with Gasteiger partial charge in [-0.25, -0.2) is 4.79 Å². The van der Waals surface area contributed by atoms with Crippen LogP contribution in [-0.2, 0) is 9.53 Å². The first-order valence-electron chi connectivity index (χ1n) is 9.70. The highest BCUT2D eigenvalue weighted by Crippen LogP contribution is 2.37. The van der Waals surface area contributed by atoms with Crippen LogP contribution >= 0.6 is 0 Å². The number of rotatable bonds is 7. The van der Waals surface area contributed by atoms with Crippen molar-refractivity contribution >= 4 is 17.6 Å². The highest BCUT2D eigenvalue weighted by atomic mass is 16.6. The van der Waals surface area contributed by atoms with Gasteiger partial charge in [0, 0.05) is 12.6 Å². The number of carbonyl (C=O) groups excluding carboxylic acids is 2. The third-order valence-corrected chi connectivity index (χ3v) is 4.86. The Labute approximate surface area is 168 Å². The first-order valence-corrected chi connectivity index (χ1v) is 9.70. The summed E-state index contributed by atoms with van der Waals surface area (Å²) >= 11 is 0. The second kappa shape index (κ2) is 9.40. The predicted octanol–water partition coefficient (Wildman–Crippen LogP) is 2.92. The highest BCUT2D eigenvalue weighted by Gasteiger charge is 2.29. The number of allylic oxidation sites excluding steroid dienone is 1. The Kier molecular flexibility index (Phi) is 6.69. The molecular weight excluding hydrogens is 380 g/mol. The van der Waals surface area contributed by atoms with E-state index in [9.17, 15) is 19.7 Å². The molecule has 9 heteroatoms. The monoisotopic (exact) mass is 404 g/mol. The fourth-order valence-corrected chi connectivity index (χ4v) is 3.29. The van der Waals surface area contributed by atoms with Crippen LogP contribution in [0.5, 0.6) is 11.5 Å². The van der Waals surface area contributed by atoms with E-state index in [1.54, 1.807) is 0 Å². The summed E-state index contributed by atoms with van der Waals surface area (Å²) in [5, 5.41) is 14.1. The van der Waals surface area contributed by atoms with Gasteiger partial charge in [-0.2, -0.15) is 0 Å². The average molecular weight is 404 g/mol. The molecule has 29 heavy (non-hydrogen) atoms. The average Bonchev–Trinajstić information content (AvgIpc) is 2.73. The number of nitro benzene ring substituents is 1. The maximum absolute atomic E-state index is 12.5. The van der Waals surface area contributed by atoms with Crippen molar-refractivity contribution in [2.45, 2.75) is 45.1 Å². The number of fused-ring (bicyclic) bond motifs is 1. The summed E-state index contributed by atoms with van der Waals surface area (Å²) in [6, 6.07) is 2.35. The molecule has 0 unspecified atom stereocenters. The summed E-state index contributed by atoms with van der Waals surface area (Å²) in [6.07, 6.45) is 6.38. The summed E-state index contributed by atoms with van der Waals surface area (Å²) in [7, 11) is 0. The van der Waals surface area contributed by atoms with Gasteiger partial charge in [-0.05, 0) is 39.0 Å². The topological polar surface area (TPSA) is 117 Å². The normalized spacial score (nSPS) is 16.4. The van der Waals surface area contributed by atoms with Crippen molar-refractivity contribution in [3.8, 4) is 11.5 Å². The molecule has 1 aromatic rings. The number of hydrogen-bond donors (Lipinski definition) is 1. The molecule has 1 heterocycles. The molecule has 0 aromatic heterocycles. The number of nitrogens with zero attached hydrogens (tertiary/aromatic N) is 1. The van der Waals surface area contributed by atoms with E-state index >= 15 is 0 Å². The molecule has 0 saturated heterocycles. The number of hydrogen-bond acceptors (Lipinski definition) is 7. The van der Waals surface area contributed by atoms with E-state index in [1.165, 1.54) is 31.4 Å². The minimum atomic E-state index is -1.09. The molecule has 1 aromatic carbocycles. The molecule has 0 saturated carbocycles. The summed E-state index contributed by atoms with van der Waals surface area (Å²) in [5.74, 6) is -0.991. The van der Waals surface area contributed by atoms with E-state index in [4.69, 9.17) is 14.2 Å². The number of carbonyl (C=O) groups is 2. The largest absolute Gasteiger partial charge is 0.486 e. The van der Waals surface area contributed by atoms with E-state index in [0.717, 1.165) is 25.3 Å². The molecule has 1 aliphatic heterocycles. The van der Waals surface area contributed by atoms with Gasteiger partial charge in [0.25, 0.3) is 11.6 Å². The minimum absolute atomic E-state index is 0.197. The fourth-order valence-electron chi connectivity index (χ4n) is 3.29. The van der Waals surface area contributed by atoms with Gasteiger partial charge in [0.05, 0.1) is 11.0 Å². The van der Waals surface area contributed by atoms with Crippen LogP contribution in [-0.4, -0.2) is 42.7 Å². The molecule has 0 bridgehead atoms. The number of benzene rings is 1. The predicted molar refractivity (Wildman–Crippen MR) is 103 cm³/mol. The van der Waals surface area contributed by atoms with Gasteiger partial charge in [-0.3, -0.25) is 14.9 Å². The molecule has 1 aliphatic carbocycles. The maximum Gasteiger partial charge on any atom is 0.346 e. The van der Waals surface area contributed by atoms with Gasteiger partial charge in [0.2, 0.25) is 0 Å². The zero-order valence-corrected chi connectivity index (χ0v) is 16.3. The molecule has 0 spiro atoms. The molecule has 3 rings (SSSR count). The van der Waals surface area contributed by atoms with E-state index in [2.05, 4.69) is 11.4 Å². The third-order valence-electron chi connectivity index (χ3n) is 4.86. The Balaban J connectivity index is 1.60. The van der Waals surface area contributed by atoms with Crippen LogP contribution < -0.4 is 14.8 Å². The lowest BCUT2D eigenvalue weighted by molar-refractivity contribution is -0.385. The Bertz CT molecular complexity index is 834. The molecule has 1 amide bonds. The van der Waals surface area contributed by atoms with E-state index in [-0.39, 0.29) is 30.3 Å². The number of nitro groups is 1. The van der Waals surface area contributed by atoms with Gasteiger partial charge >= 0.3 is 5.97 Å². The van der Waals surface area contributed by atoms with E-state index in [0.29, 0.717) is 6.54 Å². The quantitative estimate of drug-likeness (QED) is 0.321. The van der Waals surface area contributed by atoms with Crippen LogP contribution in [0.25, 0.3) is 0 Å². The molecule has 1 N–H and O–H groups in total. The smallest absolute Gasteiger partial charge is 0.346 e. The second-order valence-electron chi connectivity index (χ2n) is 6.97. The van der Waals surface area contributed by atoms with Gasteiger partial charge in [0.15, 0.2) is 17.6 Å². The zero-order chi connectivity index (χ0) is 20.8. The van der Waals surface area contributed by atoms with Gasteiger partial charge < -0.3 is 19.5 Å². The zero-order valence-electron chi connectivity index (χ0n) is 16.3. The Morgan fingerprint density at radius 1 is 1.24 bits per heavy atom. The number of ether oxygens (including phenoxy) is 3. The van der Waals surface area contributed by atoms with Crippen LogP contribution in [0, 0.1) is 10.1 Å². The van der Waals surface area contributed by atoms with Gasteiger partial charge in [-0.15, -0.1) is 0 Å². The lowest BCUT2D eigenvalue weighted by atomic mass is 9.97. The molecule has 0 radical (unpaired) electrons. The second-order valence-corrected chi connectivity index (χ2v) is 6.97. The fraction of sp³-hybridized carbons (Fsp3) is 0.500. The van der Waals surface area contributed by atoms with Crippen molar-refractivity contribution in [2.75, 3.05) is 19.8 Å². The number of amides is 1. The molecule has 0 fully saturated rings. The third kappa shape index (κ3) is 5.24. The van der Waals surface area contributed by atoms with Crippen molar-refractivity contribution in [1.29, 1.82) is 0 Å². The van der Waals surface area contributed by atoms with Gasteiger partial charge in [-0.1, -0.05) is 11.6 Å². The highest BCUT2D eigenvalue weighted by molar-refractivity contribution is 5.96. The molecule has 1 atom stereocenters. The maximum atomic E-state index is 12.5. The van der Waals surface area contributed by atoms with Crippen LogP contribution in [0.4, 0.5) is 5.69 Å². The molecular formula is C20H24N2O7. The number of nitrogens with one attached hydrogen (secondary N) is 1. The summed E-state index contributed by atoms with van der Waals surface area (Å²) in [6.45, 7) is 2.42. The van der Waals surface area contributed by atoms with Crippen LogP contribution in [0.15, 0.2) is 23.8 Å². The Morgan fingerprint density at radius 2 is 1.97 bits per heavy atom. The van der Waals surface area contributed by atoms with Gasteiger partial charge in [0.1, 0.15) is 18.8 Å². The standard InChI is InChI=1S/C20H24N2O7/c1-13(19(23)21-8-7-14-5-3-2-4-6-14)29-20(24)15-11-17-18(28-10-9-27-17)12-16(15)22(25)26/h5,11-13H,2-4,6-10H2,1H3,(H,21,23)/t13-/m0/s1. The summed E-state index contributed by atoms with van der Waals surface area (Å²) in [4.78, 5) is 35.3. The van der Waals surface area contributed by atoms with E-state index < -0.39 is 28.6 Å². The van der Waals surface area contributed by atoms with Crippen molar-refractivity contribution < 1.29 is 28.7 Å². The first kappa shape index (κ1) is 20.6. The van der Waals surface area contributed by atoms with Crippen molar-refractivity contribution in [3.05, 3.63) is 39.5 Å². The Hall–Kier alpha value is -3.10. The van der Waals surface area contributed by atoms with Crippen molar-refractivity contribution in [3.63, 3.8) is 0 Å². The van der Waals surface area contributed by atoms with Crippen molar-refractivity contribution in [2.24, 2.45) is 0 Å². The molecule has 156 valence electrons. The lowest BCUT2D eigenvalue weighted by Gasteiger charge is -2.19. The van der Waals surface area contributed by atoms with Crippen molar-refractivity contribution in [1.82, 2.24) is 5.32 Å². The first-order chi connectivity index (χ1) is 14.0. The van der Waals surface area contributed by atoms with Crippen LogP contribution in [0.1, 0.15) is 49.4 Å². The number of esters is 1. The van der Waals surface area contributed by atoms with Crippen LogP contribution in [0.2, 0.25) is 0 Å². The Morgan fingerprint density at radius 3 is 2.62 bits per heavy atom.